The molecular formula is C22H21N3O2S. The summed E-state index contributed by atoms with van der Waals surface area (Å²) in [6, 6.07) is 13.9. The maximum absolute atomic E-state index is 12.0. The molecule has 0 amide bonds. The molecule has 0 unspecified atom stereocenters. The first kappa shape index (κ1) is 18.5. The number of thioether (sulfide) groups is 1. The molecule has 6 heteroatoms. The van der Waals surface area contributed by atoms with E-state index in [2.05, 4.69) is 52.4 Å². The summed E-state index contributed by atoms with van der Waals surface area (Å²) < 4.78 is 5.44. The third-order valence-electron chi connectivity index (χ3n) is 4.97. The highest BCUT2D eigenvalue weighted by atomic mass is 32.2. The van der Waals surface area contributed by atoms with Gasteiger partial charge in [0, 0.05) is 22.8 Å². The smallest absolute Gasteiger partial charge is 0.336 e. The van der Waals surface area contributed by atoms with Gasteiger partial charge in [-0.15, -0.1) is 5.10 Å². The molecule has 0 bridgehead atoms. The number of H-pyrrole nitrogens is 1. The number of aromatic nitrogens is 3. The van der Waals surface area contributed by atoms with Crippen LogP contribution in [0.15, 0.2) is 56.8 Å². The van der Waals surface area contributed by atoms with Crippen LogP contribution in [0, 0.1) is 13.8 Å². The molecule has 0 aliphatic heterocycles. The standard InChI is InChI=1S/C22H21N3O2S/c1-4-15-6-8-16(9-7-15)21-23-22(25-24-21)28-12-17-11-19(26)27-20-14(3)13(2)5-10-18(17)20/h5-11H,4,12H2,1-3H3,(H,23,24,25). The highest BCUT2D eigenvalue weighted by molar-refractivity contribution is 7.98. The van der Waals surface area contributed by atoms with Crippen molar-refractivity contribution in [1.82, 2.24) is 15.2 Å². The van der Waals surface area contributed by atoms with Crippen LogP contribution in [0.1, 0.15) is 29.2 Å². The predicted molar refractivity (Wildman–Crippen MR) is 113 cm³/mol. The van der Waals surface area contributed by atoms with E-state index in [9.17, 15) is 4.79 Å². The van der Waals surface area contributed by atoms with Gasteiger partial charge in [-0.1, -0.05) is 55.1 Å². The van der Waals surface area contributed by atoms with Crippen molar-refractivity contribution in [3.8, 4) is 11.4 Å². The van der Waals surface area contributed by atoms with E-state index in [1.807, 2.05) is 19.9 Å². The Morgan fingerprint density at radius 3 is 2.64 bits per heavy atom. The van der Waals surface area contributed by atoms with E-state index in [1.54, 1.807) is 6.07 Å². The van der Waals surface area contributed by atoms with Gasteiger partial charge in [-0.3, -0.25) is 5.10 Å². The number of fused-ring (bicyclic) bond motifs is 1. The zero-order valence-corrected chi connectivity index (χ0v) is 16.9. The van der Waals surface area contributed by atoms with Crippen molar-refractivity contribution >= 4 is 22.7 Å². The Morgan fingerprint density at radius 2 is 1.89 bits per heavy atom. The second kappa shape index (κ2) is 7.64. The van der Waals surface area contributed by atoms with Crippen molar-refractivity contribution in [2.24, 2.45) is 0 Å². The molecule has 0 saturated carbocycles. The predicted octanol–water partition coefficient (Wildman–Crippen LogP) is 5.05. The Hall–Kier alpha value is -2.86. The van der Waals surface area contributed by atoms with Gasteiger partial charge in [0.15, 0.2) is 5.82 Å². The van der Waals surface area contributed by atoms with Gasteiger partial charge in [0.25, 0.3) is 0 Å². The molecule has 0 fully saturated rings. The molecule has 28 heavy (non-hydrogen) atoms. The number of benzene rings is 2. The van der Waals surface area contributed by atoms with Crippen molar-refractivity contribution in [2.45, 2.75) is 38.1 Å². The maximum Gasteiger partial charge on any atom is 0.336 e. The summed E-state index contributed by atoms with van der Waals surface area (Å²) in [6.07, 6.45) is 1.01. The van der Waals surface area contributed by atoms with Crippen LogP contribution in [-0.2, 0) is 12.2 Å². The minimum absolute atomic E-state index is 0.330. The van der Waals surface area contributed by atoms with Gasteiger partial charge in [0.05, 0.1) is 0 Å². The molecule has 5 nitrogen and oxygen atoms in total. The van der Waals surface area contributed by atoms with Crippen LogP contribution < -0.4 is 5.63 Å². The van der Waals surface area contributed by atoms with E-state index in [-0.39, 0.29) is 5.63 Å². The average Bonchev–Trinajstić information content (AvgIpc) is 3.18. The lowest BCUT2D eigenvalue weighted by atomic mass is 10.0. The number of aromatic amines is 1. The molecule has 2 aromatic carbocycles. The molecule has 0 radical (unpaired) electrons. The van der Waals surface area contributed by atoms with Gasteiger partial charge in [-0.2, -0.15) is 0 Å². The Kier molecular flexibility index (Phi) is 5.05. The highest BCUT2D eigenvalue weighted by Gasteiger charge is 2.12. The molecule has 0 atom stereocenters. The maximum atomic E-state index is 12.0. The van der Waals surface area contributed by atoms with Crippen LogP contribution >= 0.6 is 11.8 Å². The van der Waals surface area contributed by atoms with E-state index in [0.717, 1.165) is 39.9 Å². The first-order valence-corrected chi connectivity index (χ1v) is 10.2. The third-order valence-corrected chi connectivity index (χ3v) is 5.87. The monoisotopic (exact) mass is 391 g/mol. The summed E-state index contributed by atoms with van der Waals surface area (Å²) in [5, 5.41) is 8.92. The molecule has 0 aliphatic rings. The van der Waals surface area contributed by atoms with Crippen molar-refractivity contribution < 1.29 is 4.42 Å². The molecule has 2 heterocycles. The van der Waals surface area contributed by atoms with E-state index < -0.39 is 0 Å². The minimum Gasteiger partial charge on any atom is -0.422 e. The largest absolute Gasteiger partial charge is 0.422 e. The summed E-state index contributed by atoms with van der Waals surface area (Å²) in [4.78, 5) is 16.6. The van der Waals surface area contributed by atoms with Crippen molar-refractivity contribution in [3.05, 3.63) is 75.1 Å². The zero-order chi connectivity index (χ0) is 19.7. The molecule has 0 saturated heterocycles. The number of hydrogen-bond donors (Lipinski definition) is 1. The molecule has 142 valence electrons. The van der Waals surface area contributed by atoms with Gasteiger partial charge in [0.2, 0.25) is 5.16 Å². The molecule has 0 aliphatic carbocycles. The normalized spacial score (nSPS) is 11.2. The number of nitrogens with zero attached hydrogens (tertiary/aromatic N) is 2. The van der Waals surface area contributed by atoms with E-state index in [0.29, 0.717) is 16.5 Å². The average molecular weight is 391 g/mol. The van der Waals surface area contributed by atoms with Crippen LogP contribution in [0.4, 0.5) is 0 Å². The quantitative estimate of drug-likeness (QED) is 0.381. The van der Waals surface area contributed by atoms with Crippen LogP contribution in [-0.4, -0.2) is 15.2 Å². The fourth-order valence-electron chi connectivity index (χ4n) is 3.12. The lowest BCUT2D eigenvalue weighted by Crippen LogP contribution is -2.01. The van der Waals surface area contributed by atoms with Gasteiger partial charge >= 0.3 is 5.63 Å². The Balaban J connectivity index is 1.58. The number of rotatable bonds is 5. The highest BCUT2D eigenvalue weighted by Crippen LogP contribution is 2.28. The van der Waals surface area contributed by atoms with E-state index >= 15 is 0 Å². The first-order chi connectivity index (χ1) is 13.5. The fourth-order valence-corrected chi connectivity index (χ4v) is 3.91. The van der Waals surface area contributed by atoms with Crippen LogP contribution in [0.5, 0.6) is 0 Å². The number of hydrogen-bond acceptors (Lipinski definition) is 5. The van der Waals surface area contributed by atoms with Crippen molar-refractivity contribution in [2.75, 3.05) is 0 Å². The fraction of sp³-hybridized carbons (Fsp3) is 0.227. The molecule has 0 spiro atoms. The lowest BCUT2D eigenvalue weighted by Gasteiger charge is -2.08. The van der Waals surface area contributed by atoms with E-state index in [4.69, 9.17) is 4.42 Å². The summed E-state index contributed by atoms with van der Waals surface area (Å²) in [6.45, 7) is 6.12. The molecule has 4 rings (SSSR count). The first-order valence-electron chi connectivity index (χ1n) is 9.22. The molecule has 2 aromatic heterocycles. The molecule has 1 N–H and O–H groups in total. The summed E-state index contributed by atoms with van der Waals surface area (Å²) in [7, 11) is 0. The Bertz CT molecular complexity index is 1190. The number of nitrogens with one attached hydrogen (secondary N) is 1. The summed E-state index contributed by atoms with van der Waals surface area (Å²) >= 11 is 1.50. The minimum atomic E-state index is -0.330. The van der Waals surface area contributed by atoms with Crippen LogP contribution in [0.2, 0.25) is 0 Å². The van der Waals surface area contributed by atoms with Crippen molar-refractivity contribution in [3.63, 3.8) is 0 Å². The lowest BCUT2D eigenvalue weighted by molar-refractivity contribution is 0.557. The zero-order valence-electron chi connectivity index (χ0n) is 16.1. The molecule has 4 aromatic rings. The van der Waals surface area contributed by atoms with E-state index in [1.165, 1.54) is 17.3 Å². The van der Waals surface area contributed by atoms with Crippen molar-refractivity contribution in [1.29, 1.82) is 0 Å². The van der Waals surface area contributed by atoms with Gasteiger partial charge in [0.1, 0.15) is 5.58 Å². The summed E-state index contributed by atoms with van der Waals surface area (Å²) in [5.74, 6) is 1.34. The third kappa shape index (κ3) is 3.60. The van der Waals surface area contributed by atoms with Crippen LogP contribution in [0.25, 0.3) is 22.4 Å². The Morgan fingerprint density at radius 1 is 1.11 bits per heavy atom. The SMILES string of the molecule is CCc1ccc(-c2nc(SCc3cc(=O)oc4c(C)c(C)ccc34)n[nH]2)cc1. The Labute approximate surface area is 167 Å². The van der Waals surface area contributed by atoms with Gasteiger partial charge in [-0.05, 0) is 42.5 Å². The van der Waals surface area contributed by atoms with Gasteiger partial charge in [-0.25, -0.2) is 9.78 Å². The topological polar surface area (TPSA) is 71.8 Å². The van der Waals surface area contributed by atoms with Gasteiger partial charge < -0.3 is 4.42 Å². The second-order valence-corrected chi connectivity index (χ2v) is 7.72. The number of aryl methyl sites for hydroxylation is 3. The summed E-state index contributed by atoms with van der Waals surface area (Å²) in [5.41, 5.74) is 5.66. The van der Waals surface area contributed by atoms with Crippen LogP contribution in [0.3, 0.4) is 0 Å². The second-order valence-electron chi connectivity index (χ2n) is 6.78. The molecular weight excluding hydrogens is 370 g/mol.